The number of rotatable bonds is 13. The van der Waals surface area contributed by atoms with Crippen LogP contribution in [0.25, 0.3) is 5.57 Å². The SMILES string of the molecule is CCN(C(=O)[C@@H]1CCN(CC(=O)N2CC=C(c3ccc(C(=N)/N=C\NC)cc3)CC2)C1)c1ccc(N)c(C(=N)/C(C=N)=C/NC(C)C)n1. The number of anilines is 2. The Labute approximate surface area is 282 Å². The van der Waals surface area contributed by atoms with Gasteiger partial charge in [0, 0.05) is 62.8 Å². The number of likely N-dealkylation sites (tertiary alicyclic amines) is 1. The van der Waals surface area contributed by atoms with E-state index >= 15 is 0 Å². The molecule has 0 saturated carbocycles. The number of nitrogen functional groups attached to an aromatic ring is 1. The van der Waals surface area contributed by atoms with Gasteiger partial charge in [-0.3, -0.25) is 30.2 Å². The molecule has 2 aliphatic rings. The lowest BCUT2D eigenvalue weighted by Crippen LogP contribution is -2.42. The number of carbonyl (C=O) groups excluding carboxylic acids is 2. The lowest BCUT2D eigenvalue weighted by molar-refractivity contribution is -0.132. The van der Waals surface area contributed by atoms with Gasteiger partial charge in [0.2, 0.25) is 11.8 Å². The molecule has 0 aliphatic carbocycles. The maximum Gasteiger partial charge on any atom is 0.237 e. The van der Waals surface area contributed by atoms with E-state index in [9.17, 15) is 9.59 Å². The number of benzene rings is 1. The molecular weight excluding hydrogens is 606 g/mol. The number of hydrogen-bond donors (Lipinski definition) is 6. The molecule has 1 aromatic carbocycles. The smallest absolute Gasteiger partial charge is 0.237 e. The molecule has 0 radical (unpaired) electrons. The molecule has 3 heterocycles. The summed E-state index contributed by atoms with van der Waals surface area (Å²) in [7, 11) is 1.74. The number of nitrogens with one attached hydrogen (secondary N) is 5. The molecule has 4 rings (SSSR count). The highest BCUT2D eigenvalue weighted by molar-refractivity contribution is 6.23. The third kappa shape index (κ3) is 8.79. The summed E-state index contributed by atoms with van der Waals surface area (Å²) in [6.07, 6.45) is 7.63. The quantitative estimate of drug-likeness (QED) is 0.141. The fourth-order valence-electron chi connectivity index (χ4n) is 5.71. The number of hydrogen-bond acceptors (Lipinski definition) is 9. The van der Waals surface area contributed by atoms with E-state index < -0.39 is 0 Å². The molecule has 48 heavy (non-hydrogen) atoms. The highest BCUT2D eigenvalue weighted by Gasteiger charge is 2.34. The van der Waals surface area contributed by atoms with Crippen molar-refractivity contribution >= 4 is 53.0 Å². The third-order valence-electron chi connectivity index (χ3n) is 8.42. The first-order chi connectivity index (χ1) is 23.1. The molecule has 2 aliphatic heterocycles. The number of pyridine rings is 1. The Morgan fingerprint density at radius 2 is 1.92 bits per heavy atom. The molecule has 0 spiro atoms. The van der Waals surface area contributed by atoms with Crippen LogP contribution in [0.15, 0.2) is 59.2 Å². The van der Waals surface area contributed by atoms with Gasteiger partial charge in [-0.25, -0.2) is 9.98 Å². The molecule has 7 N–H and O–H groups in total. The van der Waals surface area contributed by atoms with E-state index in [1.165, 1.54) is 11.9 Å². The van der Waals surface area contributed by atoms with Crippen molar-refractivity contribution < 1.29 is 9.59 Å². The zero-order valence-corrected chi connectivity index (χ0v) is 28.2. The number of amides is 2. The van der Waals surface area contributed by atoms with Crippen LogP contribution in [0.2, 0.25) is 0 Å². The van der Waals surface area contributed by atoms with E-state index in [1.54, 1.807) is 30.3 Å². The maximum atomic E-state index is 13.7. The van der Waals surface area contributed by atoms with Crippen molar-refractivity contribution in [3.8, 4) is 0 Å². The van der Waals surface area contributed by atoms with Crippen molar-refractivity contribution in [1.82, 2.24) is 25.4 Å². The monoisotopic (exact) mass is 653 g/mol. The van der Waals surface area contributed by atoms with Crippen LogP contribution in [0.3, 0.4) is 0 Å². The Balaban J connectivity index is 1.34. The average Bonchev–Trinajstić information content (AvgIpc) is 3.56. The van der Waals surface area contributed by atoms with Crippen molar-refractivity contribution in [2.24, 2.45) is 10.9 Å². The Morgan fingerprint density at radius 1 is 1.17 bits per heavy atom. The van der Waals surface area contributed by atoms with Crippen molar-refractivity contribution in [1.29, 1.82) is 16.2 Å². The van der Waals surface area contributed by atoms with Gasteiger partial charge in [-0.1, -0.05) is 30.3 Å². The second-order valence-electron chi connectivity index (χ2n) is 12.1. The minimum absolute atomic E-state index is 0.00324. The minimum atomic E-state index is -0.284. The maximum absolute atomic E-state index is 13.7. The van der Waals surface area contributed by atoms with Gasteiger partial charge in [0.05, 0.1) is 30.2 Å². The second-order valence-corrected chi connectivity index (χ2v) is 12.1. The average molecular weight is 654 g/mol. The molecule has 2 amide bonds. The van der Waals surface area contributed by atoms with Gasteiger partial charge in [0.15, 0.2) is 5.84 Å². The zero-order valence-electron chi connectivity index (χ0n) is 28.2. The van der Waals surface area contributed by atoms with Crippen LogP contribution < -0.4 is 21.3 Å². The van der Waals surface area contributed by atoms with Gasteiger partial charge < -0.3 is 26.7 Å². The number of nitrogens with zero attached hydrogens (tertiary/aromatic N) is 5. The Morgan fingerprint density at radius 3 is 2.54 bits per heavy atom. The number of amidine groups is 1. The van der Waals surface area contributed by atoms with E-state index in [1.807, 2.05) is 54.8 Å². The first-order valence-electron chi connectivity index (χ1n) is 16.3. The third-order valence-corrected chi connectivity index (χ3v) is 8.42. The van der Waals surface area contributed by atoms with E-state index in [0.717, 1.165) is 23.8 Å². The minimum Gasteiger partial charge on any atom is -0.397 e. The standard InChI is InChI=1S/C35H47N11O2/c1-5-46(30-11-10-29(37)33(43-30)32(38)28(18-36)19-41-23(2)3)35(48)27-12-15-44(20-27)21-31(47)45-16-13-25(14-17-45)24-6-8-26(9-7-24)34(39)42-22-40-4/h6-11,13,18-19,22-23,27,36,38,41H,5,12,14-17,20-21,37H2,1-4H3,(H2,39,40,42)/b28-19+,36-18?,38-32?/t27-/m1/s1. The molecule has 0 bridgehead atoms. The number of nitrogens with two attached hydrogens (primary N) is 1. The summed E-state index contributed by atoms with van der Waals surface area (Å²) in [5.74, 6) is 0.272. The van der Waals surface area contributed by atoms with Gasteiger partial charge in [0.1, 0.15) is 11.5 Å². The number of aromatic nitrogens is 1. The summed E-state index contributed by atoms with van der Waals surface area (Å²) < 4.78 is 0. The molecule has 254 valence electrons. The molecule has 2 aromatic rings. The second kappa shape index (κ2) is 16.6. The van der Waals surface area contributed by atoms with Gasteiger partial charge >= 0.3 is 0 Å². The molecule has 1 saturated heterocycles. The molecule has 0 unspecified atom stereocenters. The molecule has 13 heteroatoms. The first-order valence-corrected chi connectivity index (χ1v) is 16.3. The largest absolute Gasteiger partial charge is 0.397 e. The van der Waals surface area contributed by atoms with Crippen molar-refractivity contribution in [2.45, 2.75) is 39.7 Å². The highest BCUT2D eigenvalue weighted by Crippen LogP contribution is 2.26. The lowest BCUT2D eigenvalue weighted by Gasteiger charge is -2.29. The van der Waals surface area contributed by atoms with Gasteiger partial charge in [0.25, 0.3) is 0 Å². The van der Waals surface area contributed by atoms with Crippen LogP contribution in [-0.2, 0) is 9.59 Å². The van der Waals surface area contributed by atoms with Crippen LogP contribution in [0, 0.1) is 22.1 Å². The van der Waals surface area contributed by atoms with Crippen molar-refractivity contribution in [2.75, 3.05) is 56.9 Å². The van der Waals surface area contributed by atoms with E-state index in [-0.39, 0.29) is 47.6 Å². The molecule has 1 aromatic heterocycles. The Kier molecular flexibility index (Phi) is 12.3. The zero-order chi connectivity index (χ0) is 34.8. The Bertz CT molecular complexity index is 1610. The predicted octanol–water partition coefficient (Wildman–Crippen LogP) is 3.13. The topological polar surface area (TPSA) is 191 Å². The summed E-state index contributed by atoms with van der Waals surface area (Å²) in [6, 6.07) is 11.2. The molecular formula is C35H47N11O2. The summed E-state index contributed by atoms with van der Waals surface area (Å²) in [5, 5.41) is 30.3. The fraction of sp³-hybridized carbons (Fsp3) is 0.400. The van der Waals surface area contributed by atoms with E-state index in [4.69, 9.17) is 22.0 Å². The predicted molar refractivity (Wildman–Crippen MR) is 193 cm³/mol. The van der Waals surface area contributed by atoms with Crippen molar-refractivity contribution in [3.05, 3.63) is 71.1 Å². The summed E-state index contributed by atoms with van der Waals surface area (Å²) in [6.45, 7) is 8.72. The Hall–Kier alpha value is -5.17. The van der Waals surface area contributed by atoms with Crippen LogP contribution in [0.5, 0.6) is 0 Å². The fourth-order valence-corrected chi connectivity index (χ4v) is 5.71. The van der Waals surface area contributed by atoms with Gasteiger partial charge in [-0.05, 0) is 63.4 Å². The normalized spacial score (nSPS) is 16.9. The van der Waals surface area contributed by atoms with Crippen molar-refractivity contribution in [3.63, 3.8) is 0 Å². The molecule has 1 fully saturated rings. The molecule has 13 nitrogen and oxygen atoms in total. The first kappa shape index (κ1) is 35.7. The van der Waals surface area contributed by atoms with E-state index in [2.05, 4.69) is 26.7 Å². The summed E-state index contributed by atoms with van der Waals surface area (Å²) in [5.41, 5.74) is 10.00. The molecule has 1 atom stereocenters. The lowest BCUT2D eigenvalue weighted by atomic mass is 9.98. The van der Waals surface area contributed by atoms with Crippen LogP contribution in [-0.4, -0.2) is 103 Å². The highest BCUT2D eigenvalue weighted by atomic mass is 16.2. The van der Waals surface area contributed by atoms with Gasteiger partial charge in [-0.15, -0.1) is 0 Å². The summed E-state index contributed by atoms with van der Waals surface area (Å²) in [4.78, 5) is 41.1. The number of carbonyl (C=O) groups is 2. The van der Waals surface area contributed by atoms with Crippen LogP contribution in [0.4, 0.5) is 11.5 Å². The van der Waals surface area contributed by atoms with E-state index in [0.29, 0.717) is 56.2 Å². The van der Waals surface area contributed by atoms with Gasteiger partial charge in [-0.2, -0.15) is 0 Å². The van der Waals surface area contributed by atoms with Crippen LogP contribution >= 0.6 is 0 Å². The van der Waals surface area contributed by atoms with Crippen LogP contribution in [0.1, 0.15) is 50.4 Å². The number of aliphatic imine (C=N–C) groups is 1. The number of allylic oxidation sites excluding steroid dienone is 1. The summed E-state index contributed by atoms with van der Waals surface area (Å²) >= 11 is 0.